The molecule has 7 aromatic rings. The predicted octanol–water partition coefficient (Wildman–Crippen LogP) is 6.78. The van der Waals surface area contributed by atoms with Crippen LogP contribution in [0.1, 0.15) is 23.1 Å². The molecule has 0 bridgehead atoms. The molecule has 0 atom stereocenters. The fourth-order valence-electron chi connectivity index (χ4n) is 7.11. The summed E-state index contributed by atoms with van der Waals surface area (Å²) in [6.45, 7) is 10.9. The quantitative estimate of drug-likeness (QED) is 0.179. The van der Waals surface area contributed by atoms with Crippen molar-refractivity contribution >= 4 is 60.0 Å². The lowest BCUT2D eigenvalue weighted by molar-refractivity contribution is 0.0964. The molecular formula is C38H30F3N7O4S. The molecule has 0 saturated carbocycles. The van der Waals surface area contributed by atoms with Gasteiger partial charge in [0.1, 0.15) is 34.4 Å². The number of halogens is 3. The van der Waals surface area contributed by atoms with Crippen molar-refractivity contribution < 1.29 is 30.8 Å². The van der Waals surface area contributed by atoms with Crippen molar-refractivity contribution in [3.8, 4) is 22.6 Å². The molecule has 15 heteroatoms. The molecule has 8 rings (SSSR count). The number of sulfonamides is 1. The molecule has 53 heavy (non-hydrogen) atoms. The molecule has 5 heterocycles. The lowest BCUT2D eigenvalue weighted by atomic mass is 9.93. The SMILES string of the molecule is [C-]#[N+]C1(C)CN(Cc2nc3ccc(-c4cc5c(C(=O)NC)c(-c6ccc(F)cc6F)oc5cc4N(C)S(C)(=O)=O)nc3c3cc4c(F)cccc4n23)C1. The number of amides is 1. The molecule has 1 aliphatic rings. The number of fused-ring (bicyclic) bond motifs is 6. The normalized spacial score (nSPS) is 14.5. The van der Waals surface area contributed by atoms with Crippen LogP contribution in [0.3, 0.4) is 0 Å². The van der Waals surface area contributed by atoms with Crippen LogP contribution in [0.2, 0.25) is 0 Å². The van der Waals surface area contributed by atoms with Crippen LogP contribution in [0.15, 0.2) is 71.1 Å². The van der Waals surface area contributed by atoms with Crippen molar-refractivity contribution in [1.82, 2.24) is 24.6 Å². The Morgan fingerprint density at radius 1 is 1.00 bits per heavy atom. The number of aromatic nitrogens is 3. The van der Waals surface area contributed by atoms with Gasteiger partial charge in [0.2, 0.25) is 10.0 Å². The summed E-state index contributed by atoms with van der Waals surface area (Å²) in [5.41, 5.74) is 2.13. The topological polar surface area (TPSA) is 117 Å². The Bertz CT molecular complexity index is 2860. The highest BCUT2D eigenvalue weighted by Crippen LogP contribution is 2.42. The predicted molar refractivity (Wildman–Crippen MR) is 195 cm³/mol. The molecule has 0 spiro atoms. The Hall–Kier alpha value is -5.98. The maximum absolute atomic E-state index is 15.2. The zero-order valence-electron chi connectivity index (χ0n) is 28.8. The standard InChI is InChI=1S/C38H30F3N7O4S/c1-38(43-3)18-47(19-38)17-33-44-28-12-11-27(45-35(28)31-15-22-25(40)7-6-8-29(22)48(31)33)23-14-24-32(16-30(23)46(4)53(5,50)51)52-36(34(24)37(49)42-2)21-10-9-20(39)13-26(21)41/h6-16H,17-19H2,1-2,4-5H3,(H,42,49). The van der Waals surface area contributed by atoms with Gasteiger partial charge in [-0.25, -0.2) is 38.1 Å². The number of rotatable bonds is 7. The Morgan fingerprint density at radius 2 is 1.77 bits per heavy atom. The van der Waals surface area contributed by atoms with Crippen molar-refractivity contribution in [3.05, 3.63) is 107 Å². The summed E-state index contributed by atoms with van der Waals surface area (Å²) in [5.74, 6) is -2.37. The first kappa shape index (κ1) is 34.1. The Kier molecular flexibility index (Phi) is 7.75. The molecule has 0 aliphatic carbocycles. The number of likely N-dealkylation sites (tertiary alicyclic amines) is 1. The van der Waals surface area contributed by atoms with Gasteiger partial charge in [-0.2, -0.15) is 0 Å². The first-order valence-electron chi connectivity index (χ1n) is 16.4. The minimum Gasteiger partial charge on any atom is -0.455 e. The van der Waals surface area contributed by atoms with Gasteiger partial charge in [-0.3, -0.25) is 18.4 Å². The molecule has 3 aromatic carbocycles. The number of carbonyl (C=O) groups is 1. The number of benzene rings is 3. The smallest absolute Gasteiger partial charge is 0.255 e. The second-order valence-corrected chi connectivity index (χ2v) is 15.5. The van der Waals surface area contributed by atoms with Crippen LogP contribution < -0.4 is 9.62 Å². The van der Waals surface area contributed by atoms with Crippen LogP contribution >= 0.6 is 0 Å². The zero-order chi connectivity index (χ0) is 37.6. The van der Waals surface area contributed by atoms with Crippen LogP contribution in [-0.2, 0) is 16.6 Å². The highest BCUT2D eigenvalue weighted by Gasteiger charge is 2.45. The molecule has 1 aliphatic heterocycles. The number of hydrogen-bond donors (Lipinski definition) is 1. The number of pyridine rings is 1. The van der Waals surface area contributed by atoms with Crippen molar-refractivity contribution in [2.45, 2.75) is 19.0 Å². The number of furan rings is 1. The second-order valence-electron chi connectivity index (χ2n) is 13.5. The summed E-state index contributed by atoms with van der Waals surface area (Å²) in [4.78, 5) is 29.1. The zero-order valence-corrected chi connectivity index (χ0v) is 29.6. The van der Waals surface area contributed by atoms with E-state index < -0.39 is 38.9 Å². The molecule has 4 aromatic heterocycles. The number of anilines is 1. The fraction of sp³-hybridized carbons (Fsp3) is 0.211. The number of carbonyl (C=O) groups excluding carboxylic acids is 1. The van der Waals surface area contributed by atoms with Gasteiger partial charge in [-0.05, 0) is 48.5 Å². The average molecular weight is 738 g/mol. The Labute approximate surface area is 301 Å². The first-order valence-corrected chi connectivity index (χ1v) is 18.3. The highest BCUT2D eigenvalue weighted by molar-refractivity contribution is 7.92. The van der Waals surface area contributed by atoms with E-state index in [9.17, 15) is 17.6 Å². The molecule has 0 radical (unpaired) electrons. The van der Waals surface area contributed by atoms with E-state index in [0.29, 0.717) is 64.7 Å². The van der Waals surface area contributed by atoms with Crippen LogP contribution in [0.5, 0.6) is 0 Å². The fourth-order valence-corrected chi connectivity index (χ4v) is 7.62. The highest BCUT2D eigenvalue weighted by atomic mass is 32.2. The first-order chi connectivity index (χ1) is 25.2. The third kappa shape index (κ3) is 5.53. The van der Waals surface area contributed by atoms with E-state index in [1.165, 1.54) is 26.2 Å². The Balaban J connectivity index is 1.38. The van der Waals surface area contributed by atoms with E-state index in [1.807, 2.05) is 11.3 Å². The second kappa shape index (κ2) is 12.0. The molecular weight excluding hydrogens is 708 g/mol. The van der Waals surface area contributed by atoms with Crippen LogP contribution in [0.25, 0.3) is 65.8 Å². The maximum Gasteiger partial charge on any atom is 0.255 e. The van der Waals surface area contributed by atoms with E-state index in [4.69, 9.17) is 21.0 Å². The summed E-state index contributed by atoms with van der Waals surface area (Å²) in [5, 5.41) is 3.12. The van der Waals surface area contributed by atoms with Gasteiger partial charge in [0, 0.05) is 49.5 Å². The van der Waals surface area contributed by atoms with Crippen molar-refractivity contribution in [1.29, 1.82) is 0 Å². The van der Waals surface area contributed by atoms with E-state index in [2.05, 4.69) is 15.1 Å². The van der Waals surface area contributed by atoms with Crippen LogP contribution in [0.4, 0.5) is 18.9 Å². The largest absolute Gasteiger partial charge is 0.455 e. The van der Waals surface area contributed by atoms with Gasteiger partial charge >= 0.3 is 0 Å². The minimum absolute atomic E-state index is 0.0501. The van der Waals surface area contributed by atoms with E-state index in [1.54, 1.807) is 36.4 Å². The van der Waals surface area contributed by atoms with Gasteiger partial charge in [-0.1, -0.05) is 6.07 Å². The van der Waals surface area contributed by atoms with Crippen LogP contribution in [0, 0.1) is 24.0 Å². The van der Waals surface area contributed by atoms with Crippen molar-refractivity contribution in [3.63, 3.8) is 0 Å². The van der Waals surface area contributed by atoms with Gasteiger partial charge in [-0.15, -0.1) is 0 Å². The molecule has 1 fully saturated rings. The van der Waals surface area contributed by atoms with Gasteiger partial charge in [0.05, 0.1) is 64.9 Å². The molecule has 11 nitrogen and oxygen atoms in total. The minimum atomic E-state index is -3.87. The summed E-state index contributed by atoms with van der Waals surface area (Å²) in [6, 6.07) is 15.7. The van der Waals surface area contributed by atoms with Crippen molar-refractivity contribution in [2.75, 3.05) is 37.7 Å². The van der Waals surface area contributed by atoms with Crippen LogP contribution in [-0.4, -0.2) is 72.6 Å². The van der Waals surface area contributed by atoms with E-state index in [-0.39, 0.29) is 39.1 Å². The van der Waals surface area contributed by atoms with Gasteiger partial charge in [0.15, 0.2) is 5.76 Å². The third-order valence-corrected chi connectivity index (χ3v) is 10.9. The number of nitrogens with one attached hydrogen (secondary N) is 1. The number of nitrogens with zero attached hydrogens (tertiary/aromatic N) is 6. The van der Waals surface area contributed by atoms with Crippen molar-refractivity contribution in [2.24, 2.45) is 0 Å². The summed E-state index contributed by atoms with van der Waals surface area (Å²) in [7, 11) is -1.12. The lowest BCUT2D eigenvalue weighted by Gasteiger charge is -2.38. The molecule has 1 amide bonds. The molecule has 1 N–H and O–H groups in total. The van der Waals surface area contributed by atoms with E-state index >= 15 is 8.78 Å². The van der Waals surface area contributed by atoms with Gasteiger partial charge in [0.25, 0.3) is 11.4 Å². The number of hydrogen-bond acceptors (Lipinski definition) is 7. The molecule has 0 unspecified atom stereocenters. The summed E-state index contributed by atoms with van der Waals surface area (Å²) >= 11 is 0. The summed E-state index contributed by atoms with van der Waals surface area (Å²) in [6.07, 6.45) is 1.03. The van der Waals surface area contributed by atoms with Gasteiger partial charge < -0.3 is 14.6 Å². The third-order valence-electron chi connectivity index (χ3n) is 9.73. The summed E-state index contributed by atoms with van der Waals surface area (Å²) < 4.78 is 79.1. The van der Waals surface area contributed by atoms with E-state index in [0.717, 1.165) is 22.7 Å². The average Bonchev–Trinajstić information content (AvgIpc) is 3.69. The molecule has 268 valence electrons. The Morgan fingerprint density at radius 3 is 2.47 bits per heavy atom. The monoisotopic (exact) mass is 737 g/mol. The lowest BCUT2D eigenvalue weighted by Crippen LogP contribution is -2.57. The maximum atomic E-state index is 15.2. The molecule has 1 saturated heterocycles.